The van der Waals surface area contributed by atoms with Crippen LogP contribution in [0.25, 0.3) is 0 Å². The van der Waals surface area contributed by atoms with Crippen LogP contribution in [0.3, 0.4) is 0 Å². The number of nitrogens with one attached hydrogen (secondary N) is 1. The Labute approximate surface area is 146 Å². The number of likely N-dealkylation sites (tertiary alicyclic amines) is 1. The molecule has 4 rings (SSSR count). The van der Waals surface area contributed by atoms with Gasteiger partial charge in [-0.05, 0) is 55.9 Å². The van der Waals surface area contributed by atoms with Gasteiger partial charge in [0.2, 0.25) is 5.91 Å². The van der Waals surface area contributed by atoms with E-state index in [1.54, 1.807) is 41.8 Å². The molecule has 0 radical (unpaired) electrons. The first-order chi connectivity index (χ1) is 12.1. The Morgan fingerprint density at radius 1 is 1.20 bits per heavy atom. The number of anilines is 1. The molecule has 2 bridgehead atoms. The molecule has 2 aromatic rings. The average Bonchev–Trinajstić information content (AvgIpc) is 3.23. The summed E-state index contributed by atoms with van der Waals surface area (Å²) in [5, 5.41) is 2.91. The molecule has 25 heavy (non-hydrogen) atoms. The van der Waals surface area contributed by atoms with Gasteiger partial charge in [0.25, 0.3) is 5.91 Å². The minimum atomic E-state index is -0.424. The van der Waals surface area contributed by atoms with Gasteiger partial charge in [-0.15, -0.1) is 0 Å². The van der Waals surface area contributed by atoms with Crippen LogP contribution < -0.4 is 5.32 Å². The highest BCUT2D eigenvalue weighted by Crippen LogP contribution is 2.43. The lowest BCUT2D eigenvalue weighted by Gasteiger charge is -2.34. The third-order valence-electron chi connectivity index (χ3n) is 5.14. The number of carbonyl (C=O) groups excluding carboxylic acids is 2. The van der Waals surface area contributed by atoms with Crippen LogP contribution in [-0.2, 0) is 4.79 Å². The predicted molar refractivity (Wildman–Crippen MR) is 92.9 cm³/mol. The first-order valence-electron chi connectivity index (χ1n) is 8.58. The average molecular weight is 336 g/mol. The maximum absolute atomic E-state index is 13.0. The fraction of sp³-hybridized carbons (Fsp3) is 0.368. The molecule has 2 aliphatic rings. The summed E-state index contributed by atoms with van der Waals surface area (Å²) < 4.78 is 0. The Kier molecular flexibility index (Phi) is 3.95. The quantitative estimate of drug-likeness (QED) is 0.934. The van der Waals surface area contributed by atoms with Crippen molar-refractivity contribution in [3.8, 4) is 0 Å². The molecule has 6 nitrogen and oxygen atoms in total. The van der Waals surface area contributed by atoms with Crippen LogP contribution in [0.15, 0.2) is 43.0 Å². The van der Waals surface area contributed by atoms with E-state index in [0.717, 1.165) is 24.8 Å². The van der Waals surface area contributed by atoms with E-state index >= 15 is 0 Å². The highest BCUT2D eigenvalue weighted by atomic mass is 16.2. The van der Waals surface area contributed by atoms with Crippen molar-refractivity contribution in [2.75, 3.05) is 5.32 Å². The molecule has 1 saturated heterocycles. The molecule has 2 unspecified atom stereocenters. The van der Waals surface area contributed by atoms with Crippen LogP contribution in [0.1, 0.15) is 35.2 Å². The molecule has 2 fully saturated rings. The second-order valence-corrected chi connectivity index (χ2v) is 6.87. The van der Waals surface area contributed by atoms with Gasteiger partial charge in [0.1, 0.15) is 6.04 Å². The summed E-state index contributed by atoms with van der Waals surface area (Å²) >= 11 is 0. The topological polar surface area (TPSA) is 75.2 Å². The molecular weight excluding hydrogens is 316 g/mol. The smallest absolute Gasteiger partial charge is 0.256 e. The lowest BCUT2D eigenvalue weighted by molar-refractivity contribution is -0.121. The van der Waals surface area contributed by atoms with Gasteiger partial charge in [-0.25, -0.2) is 0 Å². The number of nitrogens with zero attached hydrogens (tertiary/aromatic N) is 3. The number of hydrogen-bond acceptors (Lipinski definition) is 4. The van der Waals surface area contributed by atoms with Crippen molar-refractivity contribution >= 4 is 17.5 Å². The summed E-state index contributed by atoms with van der Waals surface area (Å²) in [5.41, 5.74) is 2.14. The standard InChI is InChI=1S/C19H20N4O2/c1-12-7-14(10-21-9-12)19(25)23-16-5-4-13(8-16)17(23)18(24)22-15-3-2-6-20-11-15/h2-3,6-7,9-11,13,16-17H,4-5,8H2,1H3,(H,22,24)/t13?,16?,17-/m0/s1. The van der Waals surface area contributed by atoms with E-state index in [2.05, 4.69) is 15.3 Å². The predicted octanol–water partition coefficient (Wildman–Crippen LogP) is 2.42. The number of pyridine rings is 2. The van der Waals surface area contributed by atoms with Gasteiger partial charge in [-0.2, -0.15) is 0 Å². The molecule has 0 aromatic carbocycles. The Balaban J connectivity index is 1.59. The Hall–Kier alpha value is -2.76. The minimum Gasteiger partial charge on any atom is -0.323 e. The largest absolute Gasteiger partial charge is 0.323 e. The fourth-order valence-corrected chi connectivity index (χ4v) is 4.09. The summed E-state index contributed by atoms with van der Waals surface area (Å²) in [4.78, 5) is 35.8. The van der Waals surface area contributed by atoms with Crippen molar-refractivity contribution in [1.29, 1.82) is 0 Å². The molecule has 3 heterocycles. The van der Waals surface area contributed by atoms with Gasteiger partial charge in [0.05, 0.1) is 17.4 Å². The van der Waals surface area contributed by atoms with Crippen molar-refractivity contribution in [3.63, 3.8) is 0 Å². The fourth-order valence-electron chi connectivity index (χ4n) is 4.09. The van der Waals surface area contributed by atoms with Crippen LogP contribution in [0.2, 0.25) is 0 Å². The molecule has 2 aromatic heterocycles. The van der Waals surface area contributed by atoms with Crippen LogP contribution in [0.4, 0.5) is 5.69 Å². The first kappa shape index (κ1) is 15.7. The van der Waals surface area contributed by atoms with E-state index in [0.29, 0.717) is 11.3 Å². The van der Waals surface area contributed by atoms with E-state index in [1.165, 1.54) is 0 Å². The number of piperidine rings is 1. The molecule has 1 saturated carbocycles. The van der Waals surface area contributed by atoms with Crippen LogP contribution in [0, 0.1) is 12.8 Å². The zero-order valence-corrected chi connectivity index (χ0v) is 14.1. The van der Waals surface area contributed by atoms with Crippen LogP contribution in [0.5, 0.6) is 0 Å². The maximum atomic E-state index is 13.0. The second kappa shape index (κ2) is 6.27. The highest BCUT2D eigenvalue weighted by Gasteiger charge is 2.51. The molecule has 1 aliphatic carbocycles. The Morgan fingerprint density at radius 2 is 2.08 bits per heavy atom. The zero-order chi connectivity index (χ0) is 17.4. The van der Waals surface area contributed by atoms with Crippen LogP contribution >= 0.6 is 0 Å². The second-order valence-electron chi connectivity index (χ2n) is 6.87. The normalized spacial score (nSPS) is 24.4. The number of fused-ring (bicyclic) bond motifs is 2. The van der Waals surface area contributed by atoms with Gasteiger partial charge in [0, 0.05) is 24.6 Å². The number of rotatable bonds is 3. The van der Waals surface area contributed by atoms with Crippen molar-refractivity contribution in [2.45, 2.75) is 38.3 Å². The van der Waals surface area contributed by atoms with E-state index in [-0.39, 0.29) is 23.8 Å². The van der Waals surface area contributed by atoms with Gasteiger partial charge in [-0.1, -0.05) is 0 Å². The first-order valence-corrected chi connectivity index (χ1v) is 8.58. The van der Waals surface area contributed by atoms with E-state index in [4.69, 9.17) is 0 Å². The number of carbonyl (C=O) groups is 2. The maximum Gasteiger partial charge on any atom is 0.256 e. The lowest BCUT2D eigenvalue weighted by atomic mass is 9.97. The monoisotopic (exact) mass is 336 g/mol. The zero-order valence-electron chi connectivity index (χ0n) is 14.1. The summed E-state index contributed by atoms with van der Waals surface area (Å²) in [7, 11) is 0. The Bertz CT molecular complexity index is 808. The molecule has 1 N–H and O–H groups in total. The van der Waals surface area contributed by atoms with Crippen LogP contribution in [-0.4, -0.2) is 38.8 Å². The Morgan fingerprint density at radius 3 is 2.84 bits per heavy atom. The van der Waals surface area contributed by atoms with E-state index in [1.807, 2.05) is 13.0 Å². The molecule has 1 aliphatic heterocycles. The van der Waals surface area contributed by atoms with Gasteiger partial charge < -0.3 is 10.2 Å². The third kappa shape index (κ3) is 2.88. The number of amides is 2. The van der Waals surface area contributed by atoms with Gasteiger partial charge in [0.15, 0.2) is 0 Å². The van der Waals surface area contributed by atoms with Gasteiger partial charge >= 0.3 is 0 Å². The number of hydrogen-bond donors (Lipinski definition) is 1. The molecule has 128 valence electrons. The summed E-state index contributed by atoms with van der Waals surface area (Å²) in [6, 6.07) is 5.12. The van der Waals surface area contributed by atoms with E-state index in [9.17, 15) is 9.59 Å². The van der Waals surface area contributed by atoms with Crippen molar-refractivity contribution < 1.29 is 9.59 Å². The van der Waals surface area contributed by atoms with Crippen molar-refractivity contribution in [2.24, 2.45) is 5.92 Å². The summed E-state index contributed by atoms with van der Waals surface area (Å²) in [5.74, 6) is -0.00714. The summed E-state index contributed by atoms with van der Waals surface area (Å²) in [6.07, 6.45) is 9.43. The molecule has 3 atom stereocenters. The molecule has 2 amide bonds. The van der Waals surface area contributed by atoms with Crippen molar-refractivity contribution in [3.05, 3.63) is 54.1 Å². The SMILES string of the molecule is Cc1cncc(C(=O)N2C3CCC(C3)[C@H]2C(=O)Nc2cccnc2)c1. The van der Waals surface area contributed by atoms with E-state index < -0.39 is 6.04 Å². The molecule has 6 heteroatoms. The van der Waals surface area contributed by atoms with Gasteiger partial charge in [-0.3, -0.25) is 19.6 Å². The lowest BCUT2D eigenvalue weighted by Crippen LogP contribution is -2.51. The number of aryl methyl sites for hydroxylation is 1. The molecule has 0 spiro atoms. The third-order valence-corrected chi connectivity index (χ3v) is 5.14. The molecular formula is C19H20N4O2. The highest BCUT2D eigenvalue weighted by molar-refractivity contribution is 6.02. The number of aromatic nitrogens is 2. The summed E-state index contributed by atoms with van der Waals surface area (Å²) in [6.45, 7) is 1.91. The van der Waals surface area contributed by atoms with Crippen molar-refractivity contribution in [1.82, 2.24) is 14.9 Å². The minimum absolute atomic E-state index is 0.102.